The largest absolute Gasteiger partial charge is 0.508 e. The average Bonchev–Trinajstić information content (AvgIpc) is 3.26. The van der Waals surface area contributed by atoms with Gasteiger partial charge in [0.1, 0.15) is 50.4 Å². The number of phenols is 1. The zero-order valence-corrected chi connectivity index (χ0v) is 31.5. The van der Waals surface area contributed by atoms with Crippen LogP contribution in [-0.2, 0) is 0 Å². The zero-order valence-electron chi connectivity index (χ0n) is 30.7. The van der Waals surface area contributed by atoms with Crippen molar-refractivity contribution >= 4 is 86.9 Å². The molecule has 0 aliphatic heterocycles. The van der Waals surface area contributed by atoms with E-state index in [2.05, 4.69) is 0 Å². The van der Waals surface area contributed by atoms with Crippen LogP contribution in [0.4, 0.5) is 0 Å². The van der Waals surface area contributed by atoms with Crippen LogP contribution in [0.5, 0.6) is 5.75 Å². The lowest BCUT2D eigenvalue weighted by Crippen LogP contribution is -1.97. The summed E-state index contributed by atoms with van der Waals surface area (Å²) in [7, 11) is 0. The summed E-state index contributed by atoms with van der Waals surface area (Å²) in [6, 6.07) is 55.9. The maximum atomic E-state index is 13.4. The second kappa shape index (κ2) is 15.8. The summed E-state index contributed by atoms with van der Waals surface area (Å²) in [5.74, 6) is 0.104. The molecule has 0 fully saturated rings. The van der Waals surface area contributed by atoms with Crippen molar-refractivity contribution in [3.63, 3.8) is 0 Å². The van der Waals surface area contributed by atoms with Crippen molar-refractivity contribution < 1.29 is 22.8 Å². The predicted molar refractivity (Wildman–Crippen MR) is 235 cm³/mol. The molecule has 58 heavy (non-hydrogen) atoms. The molecule has 8 heterocycles. The average molecular weight is 777 g/mol. The maximum absolute atomic E-state index is 13.4. The van der Waals surface area contributed by atoms with E-state index in [0.717, 1.165) is 9.40 Å². The Balaban J connectivity index is 1.21. The lowest BCUT2D eigenvalue weighted by atomic mass is 10.0. The minimum Gasteiger partial charge on any atom is -0.508 e. The van der Waals surface area contributed by atoms with Gasteiger partial charge in [0.2, 0.25) is 0 Å². The second-order valence-corrected chi connectivity index (χ2v) is 14.6. The van der Waals surface area contributed by atoms with Gasteiger partial charge >= 0.3 is 0 Å². The molecule has 8 aromatic heterocycles. The highest BCUT2D eigenvalue weighted by atomic mass is 32.1. The van der Waals surface area contributed by atoms with Crippen LogP contribution in [-0.4, -0.2) is 5.11 Å². The van der Waals surface area contributed by atoms with Crippen LogP contribution in [0.3, 0.4) is 0 Å². The Morgan fingerprint density at radius 3 is 1.14 bits per heavy atom. The van der Waals surface area contributed by atoms with Gasteiger partial charge in [-0.05, 0) is 181 Å². The Bertz CT molecular complexity index is 3370. The third-order valence-corrected chi connectivity index (χ3v) is 10.4. The van der Waals surface area contributed by atoms with E-state index < -0.39 is 0 Å². The summed E-state index contributed by atoms with van der Waals surface area (Å²) in [5, 5.41) is 12.4. The summed E-state index contributed by atoms with van der Waals surface area (Å²) in [4.78, 5) is 26.8. The van der Waals surface area contributed by atoms with Gasteiger partial charge in [0.15, 0.2) is 10.9 Å². The molecule has 280 valence electrons. The van der Waals surface area contributed by atoms with Gasteiger partial charge in [-0.1, -0.05) is 12.1 Å². The van der Waals surface area contributed by atoms with Crippen molar-refractivity contribution in [3.05, 3.63) is 209 Å². The molecular weight excluding hydrogens is 745 g/mol. The minimum atomic E-state index is -0.135. The number of hydrogen-bond donors (Lipinski definition) is 1. The first-order valence-electron chi connectivity index (χ1n) is 18.4. The number of aromatic hydroxyl groups is 1. The Morgan fingerprint density at radius 2 is 0.724 bits per heavy atom. The Hall–Kier alpha value is -7.68. The van der Waals surface area contributed by atoms with Crippen molar-refractivity contribution in [1.29, 1.82) is 0 Å². The number of rotatable bonds is 1. The molecule has 0 aliphatic rings. The predicted octanol–water partition coefficient (Wildman–Crippen LogP) is 13.3. The Kier molecular flexibility index (Phi) is 9.82. The number of fused-ring (bicyclic) bond motifs is 7. The van der Waals surface area contributed by atoms with E-state index in [0.29, 0.717) is 77.3 Å². The fourth-order valence-corrected chi connectivity index (χ4v) is 7.23. The van der Waals surface area contributed by atoms with Gasteiger partial charge < -0.3 is 22.8 Å². The van der Waals surface area contributed by atoms with Crippen LogP contribution < -0.4 is 10.9 Å². The number of benzene rings is 8. The molecule has 0 unspecified atom stereocenters. The fraction of sp³-hybridized carbons (Fsp3) is 0. The van der Waals surface area contributed by atoms with Crippen molar-refractivity contribution in [1.82, 2.24) is 0 Å². The number of hydrogen-bond acceptors (Lipinski definition) is 8. The summed E-state index contributed by atoms with van der Waals surface area (Å²) >= 11 is 1.62. The van der Waals surface area contributed by atoms with E-state index in [1.165, 1.54) is 0 Å². The van der Waals surface area contributed by atoms with Gasteiger partial charge in [-0.3, -0.25) is 9.59 Å². The standard InChI is InChI=1S/C50H32O7S/c51-37-3-1-2-36(30-37)47-31-44-24-29-48(47)57-43-18-10-35(11-19-43)50(53)33-6-14-39(15-7-33)55-42-22-27-46(28-23-42)58-45-25-20-41(21-26-45)54-38-12-4-32(5-13-38)49(52)34-8-16-40(56-44)17-9-34/h1-31,51H. The van der Waals surface area contributed by atoms with Gasteiger partial charge in [-0.15, -0.1) is 11.3 Å². The van der Waals surface area contributed by atoms with Crippen LogP contribution in [0.1, 0.15) is 0 Å². The molecule has 0 spiro atoms. The molecule has 0 atom stereocenters. The minimum absolute atomic E-state index is 0.104. The van der Waals surface area contributed by atoms with E-state index in [-0.39, 0.29) is 16.6 Å². The zero-order chi connectivity index (χ0) is 39.4. The fourth-order valence-electron chi connectivity index (χ4n) is 6.41. The van der Waals surface area contributed by atoms with Crippen molar-refractivity contribution in [2.75, 3.05) is 0 Å². The van der Waals surface area contributed by atoms with E-state index in [4.69, 9.17) is 17.7 Å². The number of phenolic OH excluding ortho intramolecular Hbond substituents is 1. The van der Waals surface area contributed by atoms with Gasteiger partial charge in [0, 0.05) is 36.5 Å². The summed E-state index contributed by atoms with van der Waals surface area (Å²) in [5.41, 5.74) is 5.81. The van der Waals surface area contributed by atoms with Crippen LogP contribution in [0.25, 0.3) is 86.7 Å². The van der Waals surface area contributed by atoms with E-state index in [9.17, 15) is 14.7 Å². The Morgan fingerprint density at radius 1 is 0.362 bits per heavy atom. The Labute approximate surface area is 333 Å². The summed E-state index contributed by atoms with van der Waals surface area (Å²) in [6.07, 6.45) is 0. The van der Waals surface area contributed by atoms with E-state index in [1.807, 2.05) is 60.7 Å². The van der Waals surface area contributed by atoms with Crippen LogP contribution >= 0.6 is 11.3 Å². The molecule has 7 nitrogen and oxygen atoms in total. The summed E-state index contributed by atoms with van der Waals surface area (Å²) < 4.78 is 26.8. The van der Waals surface area contributed by atoms with Gasteiger partial charge in [0.05, 0.1) is 0 Å². The first-order chi connectivity index (χ1) is 28.4. The monoisotopic (exact) mass is 776 g/mol. The normalized spacial score (nSPS) is 11.0. The molecule has 0 saturated carbocycles. The molecule has 0 aliphatic carbocycles. The van der Waals surface area contributed by atoms with Crippen LogP contribution in [0.15, 0.2) is 215 Å². The highest BCUT2D eigenvalue weighted by molar-refractivity contribution is 7.22. The molecule has 16 aromatic rings. The molecule has 1 N–H and O–H groups in total. The third kappa shape index (κ3) is 8.14. The maximum Gasteiger partial charge on any atom is 0.193 e. The smallest absolute Gasteiger partial charge is 0.193 e. The van der Waals surface area contributed by atoms with Crippen molar-refractivity contribution in [3.8, 4) is 16.9 Å². The molecule has 0 amide bonds. The quantitative estimate of drug-likeness (QED) is 0.177. The van der Waals surface area contributed by atoms with Crippen LogP contribution in [0.2, 0.25) is 0 Å². The molecule has 14 bridgehead atoms. The van der Waals surface area contributed by atoms with E-state index in [1.54, 1.807) is 139 Å². The molecule has 0 saturated heterocycles. The lowest BCUT2D eigenvalue weighted by Gasteiger charge is -2.04. The van der Waals surface area contributed by atoms with Gasteiger partial charge in [-0.25, -0.2) is 0 Å². The van der Waals surface area contributed by atoms with Crippen molar-refractivity contribution in [2.24, 2.45) is 0 Å². The first-order valence-corrected chi connectivity index (χ1v) is 19.2. The SMILES string of the molecule is O=c1c2ccc(cc2)oc2ccc(cc2)sc2ccc(cc2)oc2ccc(cc2)c(=O)c2ccc(cc2)oc2ccc(cc2-c2cccc(O)c2)oc2ccc1cc2. The van der Waals surface area contributed by atoms with E-state index >= 15 is 0 Å². The van der Waals surface area contributed by atoms with Gasteiger partial charge in [-0.2, -0.15) is 0 Å². The van der Waals surface area contributed by atoms with Crippen LogP contribution in [0, 0.1) is 0 Å². The second-order valence-electron chi connectivity index (χ2n) is 13.4. The topological polar surface area (TPSA) is 107 Å². The third-order valence-electron chi connectivity index (χ3n) is 9.39. The molecule has 8 aromatic carbocycles. The van der Waals surface area contributed by atoms with Gasteiger partial charge in [0.25, 0.3) is 0 Å². The molecule has 0 radical (unpaired) electrons. The summed E-state index contributed by atoms with van der Waals surface area (Å²) in [6.45, 7) is 0. The molecular formula is C50H32O7S. The lowest BCUT2D eigenvalue weighted by molar-refractivity contribution is 0.475. The first kappa shape index (κ1) is 36.0. The highest BCUT2D eigenvalue weighted by Gasteiger charge is 2.06. The highest BCUT2D eigenvalue weighted by Crippen LogP contribution is 2.29. The van der Waals surface area contributed by atoms with Crippen molar-refractivity contribution in [2.45, 2.75) is 0 Å². The molecule has 8 heteroatoms. The molecule has 16 rings (SSSR count).